The highest BCUT2D eigenvalue weighted by molar-refractivity contribution is 7.99. The molecule has 0 amide bonds. The lowest BCUT2D eigenvalue weighted by Crippen LogP contribution is -2.12. The molecule has 0 radical (unpaired) electrons. The van der Waals surface area contributed by atoms with E-state index in [0.717, 1.165) is 34.8 Å². The standard InChI is InChI=1S/C14H19N3S/c15-9-11-1-2-12-13(7-11)17-14(16-12)8-10-3-5-18-6-4-10/h1-2,7,10H,3-6,8-9,15H2,(H,16,17). The molecule has 4 heteroatoms. The van der Waals surface area contributed by atoms with Gasteiger partial charge in [0.05, 0.1) is 11.0 Å². The second-order valence-corrected chi connectivity index (χ2v) is 6.22. The number of rotatable bonds is 3. The first-order valence-electron chi connectivity index (χ1n) is 6.60. The molecule has 0 bridgehead atoms. The smallest absolute Gasteiger partial charge is 0.107 e. The van der Waals surface area contributed by atoms with Crippen molar-refractivity contribution < 1.29 is 0 Å². The van der Waals surface area contributed by atoms with E-state index in [9.17, 15) is 0 Å². The molecule has 1 saturated heterocycles. The summed E-state index contributed by atoms with van der Waals surface area (Å²) in [5, 5.41) is 0. The Morgan fingerprint density at radius 2 is 2.17 bits per heavy atom. The van der Waals surface area contributed by atoms with Crippen molar-refractivity contribution in [2.75, 3.05) is 11.5 Å². The van der Waals surface area contributed by atoms with Gasteiger partial charge in [-0.2, -0.15) is 11.8 Å². The van der Waals surface area contributed by atoms with Gasteiger partial charge in [0.25, 0.3) is 0 Å². The number of aromatic nitrogens is 2. The summed E-state index contributed by atoms with van der Waals surface area (Å²) in [7, 11) is 0. The molecular formula is C14H19N3S. The first-order valence-corrected chi connectivity index (χ1v) is 7.76. The fourth-order valence-corrected chi connectivity index (χ4v) is 3.76. The number of hydrogen-bond acceptors (Lipinski definition) is 3. The summed E-state index contributed by atoms with van der Waals surface area (Å²) < 4.78 is 0. The van der Waals surface area contributed by atoms with Crippen LogP contribution < -0.4 is 5.73 Å². The molecule has 0 unspecified atom stereocenters. The molecule has 2 aromatic rings. The largest absolute Gasteiger partial charge is 0.342 e. The number of H-pyrrole nitrogens is 1. The number of nitrogens with one attached hydrogen (secondary N) is 1. The van der Waals surface area contributed by atoms with Gasteiger partial charge in [-0.05, 0) is 48.0 Å². The van der Waals surface area contributed by atoms with Gasteiger partial charge < -0.3 is 10.7 Å². The highest BCUT2D eigenvalue weighted by Gasteiger charge is 2.16. The van der Waals surface area contributed by atoms with Gasteiger partial charge in [-0.15, -0.1) is 0 Å². The number of aromatic amines is 1. The predicted octanol–water partition coefficient (Wildman–Crippen LogP) is 2.71. The summed E-state index contributed by atoms with van der Waals surface area (Å²) in [5.41, 5.74) is 9.01. The average molecular weight is 261 g/mol. The van der Waals surface area contributed by atoms with Crippen LogP contribution in [0.15, 0.2) is 18.2 Å². The lowest BCUT2D eigenvalue weighted by atomic mass is 9.99. The van der Waals surface area contributed by atoms with E-state index in [2.05, 4.69) is 39.9 Å². The van der Waals surface area contributed by atoms with Crippen molar-refractivity contribution in [2.24, 2.45) is 11.7 Å². The van der Waals surface area contributed by atoms with Crippen LogP contribution in [0.5, 0.6) is 0 Å². The highest BCUT2D eigenvalue weighted by atomic mass is 32.2. The summed E-state index contributed by atoms with van der Waals surface area (Å²) in [6.07, 6.45) is 3.75. The number of hydrogen-bond donors (Lipinski definition) is 2. The Morgan fingerprint density at radius 3 is 2.94 bits per heavy atom. The van der Waals surface area contributed by atoms with Crippen LogP contribution in [0.4, 0.5) is 0 Å². The third kappa shape index (κ3) is 2.54. The number of imidazole rings is 1. The van der Waals surface area contributed by atoms with Crippen LogP contribution >= 0.6 is 11.8 Å². The molecule has 0 atom stereocenters. The monoisotopic (exact) mass is 261 g/mol. The van der Waals surface area contributed by atoms with Gasteiger partial charge in [0, 0.05) is 13.0 Å². The summed E-state index contributed by atoms with van der Waals surface area (Å²) in [6, 6.07) is 6.24. The Hall–Kier alpha value is -1.00. The first kappa shape index (κ1) is 12.1. The van der Waals surface area contributed by atoms with Crippen molar-refractivity contribution in [2.45, 2.75) is 25.8 Å². The Bertz CT molecular complexity index is 529. The summed E-state index contributed by atoms with van der Waals surface area (Å²) in [6.45, 7) is 0.587. The SMILES string of the molecule is NCc1ccc2nc(CC3CCSCC3)[nH]c2c1. The van der Waals surface area contributed by atoms with Crippen molar-refractivity contribution in [3.63, 3.8) is 0 Å². The van der Waals surface area contributed by atoms with Crippen LogP contribution in [0, 0.1) is 5.92 Å². The average Bonchev–Trinajstić information content (AvgIpc) is 2.80. The number of benzene rings is 1. The molecule has 3 rings (SSSR count). The van der Waals surface area contributed by atoms with Crippen LogP contribution in [0.3, 0.4) is 0 Å². The van der Waals surface area contributed by atoms with Crippen molar-refractivity contribution in [1.29, 1.82) is 0 Å². The van der Waals surface area contributed by atoms with Crippen molar-refractivity contribution >= 4 is 22.8 Å². The predicted molar refractivity (Wildman–Crippen MR) is 77.7 cm³/mol. The topological polar surface area (TPSA) is 54.7 Å². The van der Waals surface area contributed by atoms with Crippen molar-refractivity contribution in [3.05, 3.63) is 29.6 Å². The fourth-order valence-electron chi connectivity index (χ4n) is 2.56. The maximum atomic E-state index is 5.66. The molecule has 1 aromatic carbocycles. The van der Waals surface area contributed by atoms with Crippen LogP contribution in [-0.2, 0) is 13.0 Å². The van der Waals surface area contributed by atoms with E-state index >= 15 is 0 Å². The quantitative estimate of drug-likeness (QED) is 0.893. The van der Waals surface area contributed by atoms with Crippen LogP contribution in [0.25, 0.3) is 11.0 Å². The number of thioether (sulfide) groups is 1. The van der Waals surface area contributed by atoms with Gasteiger partial charge in [0.1, 0.15) is 5.82 Å². The van der Waals surface area contributed by atoms with E-state index in [0.29, 0.717) is 6.54 Å². The third-order valence-corrected chi connectivity index (χ3v) is 4.70. The lowest BCUT2D eigenvalue weighted by molar-refractivity contribution is 0.478. The molecule has 1 aliphatic rings. The van der Waals surface area contributed by atoms with Gasteiger partial charge >= 0.3 is 0 Å². The zero-order valence-electron chi connectivity index (χ0n) is 10.5. The Balaban J connectivity index is 1.79. The van der Waals surface area contributed by atoms with Gasteiger partial charge in [0.15, 0.2) is 0 Å². The Kier molecular flexibility index (Phi) is 3.57. The molecular weight excluding hydrogens is 242 g/mol. The van der Waals surface area contributed by atoms with Crippen molar-refractivity contribution in [1.82, 2.24) is 9.97 Å². The molecule has 96 valence electrons. The zero-order valence-corrected chi connectivity index (χ0v) is 11.3. The molecule has 3 N–H and O–H groups in total. The fraction of sp³-hybridized carbons (Fsp3) is 0.500. The summed E-state index contributed by atoms with van der Waals surface area (Å²) in [4.78, 5) is 8.12. The molecule has 0 saturated carbocycles. The van der Waals surface area contributed by atoms with Crippen LogP contribution in [-0.4, -0.2) is 21.5 Å². The van der Waals surface area contributed by atoms with E-state index in [-0.39, 0.29) is 0 Å². The van der Waals surface area contributed by atoms with Gasteiger partial charge in [0.2, 0.25) is 0 Å². The Labute approximate surface area is 112 Å². The minimum Gasteiger partial charge on any atom is -0.342 e. The minimum absolute atomic E-state index is 0.587. The third-order valence-electron chi connectivity index (χ3n) is 3.65. The van der Waals surface area contributed by atoms with E-state index < -0.39 is 0 Å². The molecule has 0 aliphatic carbocycles. The lowest BCUT2D eigenvalue weighted by Gasteiger charge is -2.19. The van der Waals surface area contributed by atoms with E-state index in [1.165, 1.54) is 24.3 Å². The number of nitrogens with two attached hydrogens (primary N) is 1. The number of nitrogens with zero attached hydrogens (tertiary/aromatic N) is 1. The van der Waals surface area contributed by atoms with Gasteiger partial charge in [-0.25, -0.2) is 4.98 Å². The first-order chi connectivity index (χ1) is 8.85. The molecule has 2 heterocycles. The molecule has 1 fully saturated rings. The maximum Gasteiger partial charge on any atom is 0.107 e. The summed E-state index contributed by atoms with van der Waals surface area (Å²) >= 11 is 2.07. The second kappa shape index (κ2) is 5.33. The highest BCUT2D eigenvalue weighted by Crippen LogP contribution is 2.26. The Morgan fingerprint density at radius 1 is 1.33 bits per heavy atom. The zero-order chi connectivity index (χ0) is 12.4. The van der Waals surface area contributed by atoms with Crippen molar-refractivity contribution in [3.8, 4) is 0 Å². The van der Waals surface area contributed by atoms with Crippen LogP contribution in [0.1, 0.15) is 24.2 Å². The normalized spacial score (nSPS) is 17.4. The van der Waals surface area contributed by atoms with Gasteiger partial charge in [-0.1, -0.05) is 6.07 Å². The molecule has 0 spiro atoms. The summed E-state index contributed by atoms with van der Waals surface area (Å²) in [5.74, 6) is 4.56. The number of fused-ring (bicyclic) bond motifs is 1. The van der Waals surface area contributed by atoms with Gasteiger partial charge in [-0.3, -0.25) is 0 Å². The maximum absolute atomic E-state index is 5.66. The van der Waals surface area contributed by atoms with E-state index in [4.69, 9.17) is 5.73 Å². The van der Waals surface area contributed by atoms with Crippen LogP contribution in [0.2, 0.25) is 0 Å². The van der Waals surface area contributed by atoms with E-state index in [1.807, 2.05) is 0 Å². The van der Waals surface area contributed by atoms with E-state index in [1.54, 1.807) is 0 Å². The second-order valence-electron chi connectivity index (χ2n) is 5.00. The molecule has 1 aromatic heterocycles. The molecule has 1 aliphatic heterocycles. The minimum atomic E-state index is 0.587. The molecule has 3 nitrogen and oxygen atoms in total. The molecule has 18 heavy (non-hydrogen) atoms.